The first-order valence-corrected chi connectivity index (χ1v) is 13.6. The van der Waals surface area contributed by atoms with E-state index in [0.717, 1.165) is 36.2 Å². The average Bonchev–Trinajstić information content (AvgIpc) is 2.86. The number of benzene rings is 2. The average molecular weight is 572 g/mol. The Labute approximate surface area is 223 Å². The number of likely N-dealkylation sites (N-methyl/N-ethyl adjacent to an activating group) is 1. The number of hydrogen-bond donors (Lipinski definition) is 2. The fourth-order valence-electron chi connectivity index (χ4n) is 4.72. The number of sulfonamides is 1. The molecule has 3 aromatic rings. The van der Waals surface area contributed by atoms with Crippen LogP contribution in [0.25, 0.3) is 0 Å². The Bertz CT molecular complexity index is 1370. The van der Waals surface area contributed by atoms with Gasteiger partial charge in [0.25, 0.3) is 10.0 Å². The van der Waals surface area contributed by atoms with Crippen LogP contribution in [-0.4, -0.2) is 49.5 Å². The van der Waals surface area contributed by atoms with Crippen LogP contribution in [0.1, 0.15) is 36.3 Å². The highest BCUT2D eigenvalue weighted by Crippen LogP contribution is 2.39. The quantitative estimate of drug-likeness (QED) is 0.350. The summed E-state index contributed by atoms with van der Waals surface area (Å²) in [5, 5.41) is 3.28. The van der Waals surface area contributed by atoms with Gasteiger partial charge in [-0.1, -0.05) is 23.7 Å². The monoisotopic (exact) mass is 571 g/mol. The van der Waals surface area contributed by atoms with Gasteiger partial charge in [-0.15, -0.1) is 0 Å². The molecule has 7 nitrogen and oxygen atoms in total. The zero-order chi connectivity index (χ0) is 27.7. The first-order valence-electron chi connectivity index (χ1n) is 11.7. The van der Waals surface area contributed by atoms with Gasteiger partial charge in [-0.3, -0.25) is 4.72 Å². The predicted octanol–water partition coefficient (Wildman–Crippen LogP) is 5.77. The lowest BCUT2D eigenvalue weighted by atomic mass is 9.78. The van der Waals surface area contributed by atoms with Crippen molar-refractivity contribution < 1.29 is 26.0 Å². The van der Waals surface area contributed by atoms with Crippen molar-refractivity contribution in [2.45, 2.75) is 48.3 Å². The first-order chi connectivity index (χ1) is 17.8. The third-order valence-electron chi connectivity index (χ3n) is 6.66. The summed E-state index contributed by atoms with van der Waals surface area (Å²) in [6, 6.07) is 8.46. The molecular weight excluding hydrogens is 546 g/mol. The highest BCUT2D eigenvalue weighted by atomic mass is 35.5. The molecule has 2 N–H and O–H groups in total. The molecule has 0 radical (unpaired) electrons. The van der Waals surface area contributed by atoms with E-state index in [0.29, 0.717) is 19.3 Å². The summed E-state index contributed by atoms with van der Waals surface area (Å²) in [4.78, 5) is 8.87. The molecular formula is C25H26ClF4N5O2S. The van der Waals surface area contributed by atoms with E-state index in [4.69, 9.17) is 11.6 Å². The van der Waals surface area contributed by atoms with E-state index in [1.807, 2.05) is 19.0 Å². The lowest BCUT2D eigenvalue weighted by Gasteiger charge is -2.41. The molecule has 1 fully saturated rings. The van der Waals surface area contributed by atoms with Crippen molar-refractivity contribution in [1.29, 1.82) is 0 Å². The van der Waals surface area contributed by atoms with Crippen LogP contribution in [0.3, 0.4) is 0 Å². The van der Waals surface area contributed by atoms with Crippen LogP contribution in [0.5, 0.6) is 0 Å². The van der Waals surface area contributed by atoms with Gasteiger partial charge in [0.2, 0.25) is 0 Å². The van der Waals surface area contributed by atoms with Gasteiger partial charge in [-0.05, 0) is 75.2 Å². The van der Waals surface area contributed by atoms with Crippen molar-refractivity contribution in [3.63, 3.8) is 0 Å². The van der Waals surface area contributed by atoms with Crippen LogP contribution in [-0.2, 0) is 16.2 Å². The lowest BCUT2D eigenvalue weighted by Crippen LogP contribution is -2.47. The number of nitrogens with one attached hydrogen (secondary N) is 2. The molecule has 0 amide bonds. The molecule has 0 spiro atoms. The third kappa shape index (κ3) is 6.36. The third-order valence-corrected chi connectivity index (χ3v) is 8.34. The van der Waals surface area contributed by atoms with E-state index in [1.165, 1.54) is 24.4 Å². The highest BCUT2D eigenvalue weighted by molar-refractivity contribution is 7.92. The molecule has 1 aliphatic rings. The van der Waals surface area contributed by atoms with Gasteiger partial charge < -0.3 is 10.2 Å². The van der Waals surface area contributed by atoms with Crippen LogP contribution >= 0.6 is 11.6 Å². The fraction of sp³-hybridized carbons (Fsp3) is 0.360. The fourth-order valence-corrected chi connectivity index (χ4v) is 6.10. The molecule has 0 aliphatic heterocycles. The number of alkyl halides is 3. The number of nitrogens with zero attached hydrogens (tertiary/aromatic N) is 3. The van der Waals surface area contributed by atoms with Gasteiger partial charge in [0.1, 0.15) is 22.9 Å². The van der Waals surface area contributed by atoms with E-state index < -0.39 is 32.5 Å². The van der Waals surface area contributed by atoms with Crippen LogP contribution in [0.4, 0.5) is 29.1 Å². The molecule has 0 saturated heterocycles. The van der Waals surface area contributed by atoms with Crippen molar-refractivity contribution in [2.75, 3.05) is 24.1 Å². The first kappa shape index (κ1) is 28.1. The molecule has 1 aromatic heterocycles. The maximum atomic E-state index is 15.0. The van der Waals surface area contributed by atoms with E-state index in [9.17, 15) is 26.0 Å². The topological polar surface area (TPSA) is 87.2 Å². The normalized spacial score (nSPS) is 20.4. The van der Waals surface area contributed by atoms with Crippen LogP contribution < -0.4 is 10.0 Å². The zero-order valence-electron chi connectivity index (χ0n) is 20.5. The van der Waals surface area contributed by atoms with E-state index >= 15 is 0 Å². The molecule has 1 saturated carbocycles. The summed E-state index contributed by atoms with van der Waals surface area (Å²) in [5.74, 6) is -0.954. The molecule has 4 rings (SSSR count). The van der Waals surface area contributed by atoms with E-state index in [2.05, 4.69) is 20.0 Å². The second kappa shape index (κ2) is 11.0. The van der Waals surface area contributed by atoms with Crippen molar-refractivity contribution in [3.8, 4) is 0 Å². The largest absolute Gasteiger partial charge is 0.416 e. The molecule has 204 valence electrons. The van der Waals surface area contributed by atoms with Gasteiger partial charge in [-0.2, -0.15) is 13.2 Å². The van der Waals surface area contributed by atoms with Crippen LogP contribution in [0.2, 0.25) is 5.02 Å². The minimum absolute atomic E-state index is 0.0173. The molecule has 0 unspecified atom stereocenters. The Balaban J connectivity index is 1.50. The van der Waals surface area contributed by atoms with E-state index in [-0.39, 0.29) is 34.5 Å². The summed E-state index contributed by atoms with van der Waals surface area (Å²) in [6.07, 6.45) is 0.105. The summed E-state index contributed by atoms with van der Waals surface area (Å²) in [5.41, 5.74) is 0.392. The number of aromatic nitrogens is 2. The molecule has 38 heavy (non-hydrogen) atoms. The SMILES string of the molecule is CN(C)[C@H]1C[C@@H](c2ccc(C(F)(F)F)cc2)CC[C@@H]1Nc1cc(F)c(S(=O)(=O)Nc2ccncn2)cc1Cl. The Morgan fingerprint density at radius 1 is 1.08 bits per heavy atom. The summed E-state index contributed by atoms with van der Waals surface area (Å²) in [7, 11) is -0.509. The second-order valence-electron chi connectivity index (χ2n) is 9.37. The predicted molar refractivity (Wildman–Crippen MR) is 137 cm³/mol. The van der Waals surface area contributed by atoms with Gasteiger partial charge >= 0.3 is 6.18 Å². The van der Waals surface area contributed by atoms with Crippen molar-refractivity contribution in [3.05, 3.63) is 77.0 Å². The Morgan fingerprint density at radius 3 is 2.39 bits per heavy atom. The second-order valence-corrected chi connectivity index (χ2v) is 11.4. The number of halogens is 5. The molecule has 3 atom stereocenters. The lowest BCUT2D eigenvalue weighted by molar-refractivity contribution is -0.137. The molecule has 1 aliphatic carbocycles. The number of hydrogen-bond acceptors (Lipinski definition) is 6. The van der Waals surface area contributed by atoms with Crippen LogP contribution in [0, 0.1) is 5.82 Å². The Morgan fingerprint density at radius 2 is 1.79 bits per heavy atom. The van der Waals surface area contributed by atoms with Gasteiger partial charge in [0.15, 0.2) is 0 Å². The van der Waals surface area contributed by atoms with E-state index in [1.54, 1.807) is 0 Å². The van der Waals surface area contributed by atoms with Crippen molar-refractivity contribution in [1.82, 2.24) is 14.9 Å². The number of anilines is 2. The highest BCUT2D eigenvalue weighted by Gasteiger charge is 2.35. The van der Waals surface area contributed by atoms with Crippen molar-refractivity contribution in [2.24, 2.45) is 0 Å². The summed E-state index contributed by atoms with van der Waals surface area (Å²) >= 11 is 6.38. The minimum Gasteiger partial charge on any atom is -0.379 e. The van der Waals surface area contributed by atoms with Crippen LogP contribution in [0.15, 0.2) is 59.9 Å². The summed E-state index contributed by atoms with van der Waals surface area (Å²) < 4.78 is 81.4. The smallest absolute Gasteiger partial charge is 0.379 e. The molecule has 1 heterocycles. The Hall–Kier alpha value is -2.96. The number of rotatable bonds is 7. The molecule has 0 bridgehead atoms. The van der Waals surface area contributed by atoms with Crippen molar-refractivity contribution >= 4 is 33.1 Å². The minimum atomic E-state index is -4.39. The maximum Gasteiger partial charge on any atom is 0.416 e. The Kier molecular flexibility index (Phi) is 8.15. The molecule has 2 aromatic carbocycles. The summed E-state index contributed by atoms with van der Waals surface area (Å²) in [6.45, 7) is 0. The van der Waals surface area contributed by atoms with Gasteiger partial charge in [-0.25, -0.2) is 22.8 Å². The standard InChI is InChI=1S/C25H26ClF4N5O2S/c1-35(2)22-11-16(15-3-6-17(7-4-15)25(28,29)30)5-8-20(22)33-21-13-19(27)23(12-18(21)26)38(36,37)34-24-9-10-31-14-32-24/h3-4,6-7,9-10,12-14,16,20,22,33H,5,8,11H2,1-2H3,(H,31,32,34)/t16-,20-,22-/m0/s1. The van der Waals surface area contributed by atoms with Gasteiger partial charge in [0.05, 0.1) is 16.3 Å². The molecule has 13 heteroatoms. The zero-order valence-corrected chi connectivity index (χ0v) is 22.1. The maximum absolute atomic E-state index is 15.0. The van der Waals surface area contributed by atoms with Gasteiger partial charge in [0, 0.05) is 18.3 Å².